The van der Waals surface area contributed by atoms with Crippen molar-refractivity contribution in [2.24, 2.45) is 5.92 Å². The van der Waals surface area contributed by atoms with Crippen LogP contribution in [0.5, 0.6) is 0 Å². The molecule has 3 amide bonds. The molecule has 1 aliphatic heterocycles. The van der Waals surface area contributed by atoms with Crippen molar-refractivity contribution in [1.82, 2.24) is 5.32 Å². The molecular weight excluding hydrogens is 462 g/mol. The lowest BCUT2D eigenvalue weighted by Gasteiger charge is -2.30. The maximum atomic E-state index is 13.8. The molecule has 0 radical (unpaired) electrons. The third kappa shape index (κ3) is 5.58. The van der Waals surface area contributed by atoms with Crippen molar-refractivity contribution in [3.63, 3.8) is 0 Å². The topological polar surface area (TPSA) is 69.7 Å². The number of benzene rings is 3. The van der Waals surface area contributed by atoms with Gasteiger partial charge in [-0.15, -0.1) is 0 Å². The molecule has 5 rings (SSSR count). The number of nitrogens with zero attached hydrogens (tertiary/aromatic N) is 2. The number of aryl methyl sites for hydroxylation is 1. The van der Waals surface area contributed by atoms with Crippen LogP contribution in [0.1, 0.15) is 43.2 Å². The van der Waals surface area contributed by atoms with E-state index in [4.69, 9.17) is 0 Å². The van der Waals surface area contributed by atoms with Crippen molar-refractivity contribution in [3.8, 4) is 0 Å². The smallest absolute Gasteiger partial charge is 0.246 e. The van der Waals surface area contributed by atoms with E-state index < -0.39 is 0 Å². The maximum Gasteiger partial charge on any atom is 0.246 e. The van der Waals surface area contributed by atoms with Crippen molar-refractivity contribution in [2.75, 3.05) is 16.3 Å². The molecule has 1 N–H and O–H groups in total. The Morgan fingerprint density at radius 3 is 2.19 bits per heavy atom. The minimum absolute atomic E-state index is 0.0686. The summed E-state index contributed by atoms with van der Waals surface area (Å²) in [6, 6.07) is 27.5. The first-order chi connectivity index (χ1) is 18.1. The molecule has 2 atom stereocenters. The van der Waals surface area contributed by atoms with Crippen LogP contribution in [0.2, 0.25) is 0 Å². The Bertz CT molecular complexity index is 1240. The summed E-state index contributed by atoms with van der Waals surface area (Å²) in [5.74, 6) is -0.479. The predicted octanol–water partition coefficient (Wildman–Crippen LogP) is 4.87. The minimum atomic E-state index is -0.248. The van der Waals surface area contributed by atoms with Crippen molar-refractivity contribution in [1.29, 1.82) is 0 Å². The zero-order chi connectivity index (χ0) is 25.6. The first-order valence-electron chi connectivity index (χ1n) is 13.2. The number of rotatable bonds is 8. The van der Waals surface area contributed by atoms with Crippen molar-refractivity contribution >= 4 is 29.1 Å². The molecule has 6 nitrogen and oxygen atoms in total. The standard InChI is InChI=1S/C31H33N3O3/c35-29(20-9-15-23-11-3-1-4-12-23)32-21-30(36)34-26-19-10-16-25(26)31(37)33(22-24-13-5-2-6-14-24)27-17-7-8-18-28(27)34/h1-8,11-14,17-18,25-26H,9-10,15-16,19-22H2,(H,32,35). The number of para-hydroxylation sites is 2. The molecule has 1 fully saturated rings. The molecule has 190 valence electrons. The second-order valence-corrected chi connectivity index (χ2v) is 9.88. The average molecular weight is 496 g/mol. The Kier molecular flexibility index (Phi) is 7.64. The molecule has 2 aliphatic rings. The number of hydrogen-bond acceptors (Lipinski definition) is 3. The van der Waals surface area contributed by atoms with E-state index in [1.807, 2.05) is 77.7 Å². The van der Waals surface area contributed by atoms with Crippen LogP contribution in [-0.2, 0) is 27.3 Å². The summed E-state index contributed by atoms with van der Waals surface area (Å²) >= 11 is 0. The summed E-state index contributed by atoms with van der Waals surface area (Å²) in [4.78, 5) is 43.5. The number of carbonyl (C=O) groups excluding carboxylic acids is 3. The number of carbonyl (C=O) groups is 3. The van der Waals surface area contributed by atoms with Gasteiger partial charge in [-0.05, 0) is 48.9 Å². The summed E-state index contributed by atoms with van der Waals surface area (Å²) in [5.41, 5.74) is 3.73. The Morgan fingerprint density at radius 1 is 0.811 bits per heavy atom. The van der Waals surface area contributed by atoms with Gasteiger partial charge in [-0.25, -0.2) is 0 Å². The molecule has 37 heavy (non-hydrogen) atoms. The van der Waals surface area contributed by atoms with Crippen molar-refractivity contribution < 1.29 is 14.4 Å². The fourth-order valence-electron chi connectivity index (χ4n) is 5.63. The summed E-state index contributed by atoms with van der Waals surface area (Å²) in [6.07, 6.45) is 4.36. The zero-order valence-electron chi connectivity index (χ0n) is 21.0. The second kappa shape index (κ2) is 11.4. The number of anilines is 2. The highest BCUT2D eigenvalue weighted by Crippen LogP contribution is 2.43. The third-order valence-corrected chi connectivity index (χ3v) is 7.43. The van der Waals surface area contributed by atoms with E-state index >= 15 is 0 Å². The Labute approximate surface area is 218 Å². The molecule has 0 bridgehead atoms. The largest absolute Gasteiger partial charge is 0.347 e. The summed E-state index contributed by atoms with van der Waals surface area (Å²) < 4.78 is 0. The van der Waals surface area contributed by atoms with Gasteiger partial charge in [0.25, 0.3) is 0 Å². The monoisotopic (exact) mass is 495 g/mol. The van der Waals surface area contributed by atoms with E-state index in [1.165, 1.54) is 5.56 Å². The Hall–Kier alpha value is -3.93. The lowest BCUT2D eigenvalue weighted by Crippen LogP contribution is -2.48. The highest BCUT2D eigenvalue weighted by atomic mass is 16.2. The van der Waals surface area contributed by atoms with Gasteiger partial charge in [0.05, 0.1) is 30.4 Å². The van der Waals surface area contributed by atoms with Gasteiger partial charge in [0.2, 0.25) is 17.7 Å². The molecule has 0 spiro atoms. The van der Waals surface area contributed by atoms with Crippen LogP contribution in [0.3, 0.4) is 0 Å². The predicted molar refractivity (Wildman–Crippen MR) is 145 cm³/mol. The number of hydrogen-bond donors (Lipinski definition) is 1. The summed E-state index contributed by atoms with van der Waals surface area (Å²) in [5, 5.41) is 2.83. The van der Waals surface area contributed by atoms with Gasteiger partial charge < -0.3 is 15.1 Å². The number of amides is 3. The molecule has 1 aliphatic carbocycles. The van der Waals surface area contributed by atoms with Crippen LogP contribution in [0.25, 0.3) is 0 Å². The van der Waals surface area contributed by atoms with E-state index in [-0.39, 0.29) is 36.2 Å². The summed E-state index contributed by atoms with van der Waals surface area (Å²) in [6.45, 7) is 0.384. The number of fused-ring (bicyclic) bond motifs is 2. The molecule has 1 heterocycles. The maximum absolute atomic E-state index is 13.8. The first-order valence-corrected chi connectivity index (χ1v) is 13.2. The second-order valence-electron chi connectivity index (χ2n) is 9.88. The van der Waals surface area contributed by atoms with Gasteiger partial charge in [-0.1, -0.05) is 79.2 Å². The third-order valence-electron chi connectivity index (χ3n) is 7.43. The highest BCUT2D eigenvalue weighted by molar-refractivity contribution is 6.07. The van der Waals surface area contributed by atoms with Crippen molar-refractivity contribution in [2.45, 2.75) is 51.1 Å². The average Bonchev–Trinajstić information content (AvgIpc) is 3.38. The van der Waals surface area contributed by atoms with Crippen LogP contribution in [0.15, 0.2) is 84.9 Å². The van der Waals surface area contributed by atoms with E-state index in [2.05, 4.69) is 17.4 Å². The van der Waals surface area contributed by atoms with E-state index in [0.29, 0.717) is 13.0 Å². The molecular formula is C31H33N3O3. The van der Waals surface area contributed by atoms with E-state index in [0.717, 1.165) is 49.0 Å². The van der Waals surface area contributed by atoms with Crippen LogP contribution >= 0.6 is 0 Å². The first kappa shape index (κ1) is 24.8. The van der Waals surface area contributed by atoms with Gasteiger partial charge in [-0.2, -0.15) is 0 Å². The lowest BCUT2D eigenvalue weighted by atomic mass is 10.0. The molecule has 6 heteroatoms. The van der Waals surface area contributed by atoms with Crippen LogP contribution in [0, 0.1) is 5.92 Å². The van der Waals surface area contributed by atoms with Crippen LogP contribution in [0.4, 0.5) is 11.4 Å². The van der Waals surface area contributed by atoms with Gasteiger partial charge in [0.1, 0.15) is 0 Å². The normalized spacial score (nSPS) is 18.6. The van der Waals surface area contributed by atoms with E-state index in [9.17, 15) is 14.4 Å². The summed E-state index contributed by atoms with van der Waals surface area (Å²) in [7, 11) is 0. The zero-order valence-corrected chi connectivity index (χ0v) is 21.0. The SMILES string of the molecule is O=C(CCCc1ccccc1)NCC(=O)N1c2ccccc2N(Cc2ccccc2)C(=O)C2CCCC21. The van der Waals surface area contributed by atoms with Gasteiger partial charge >= 0.3 is 0 Å². The molecule has 3 aromatic rings. The molecule has 3 aromatic carbocycles. The molecule has 2 unspecified atom stereocenters. The minimum Gasteiger partial charge on any atom is -0.347 e. The van der Waals surface area contributed by atoms with Gasteiger partial charge in [-0.3, -0.25) is 14.4 Å². The van der Waals surface area contributed by atoms with Crippen molar-refractivity contribution in [3.05, 3.63) is 96.1 Å². The van der Waals surface area contributed by atoms with Crippen LogP contribution in [-0.4, -0.2) is 30.3 Å². The molecule has 0 aromatic heterocycles. The highest BCUT2D eigenvalue weighted by Gasteiger charge is 2.45. The van der Waals surface area contributed by atoms with Crippen LogP contribution < -0.4 is 15.1 Å². The Morgan fingerprint density at radius 2 is 1.46 bits per heavy atom. The van der Waals surface area contributed by atoms with E-state index in [1.54, 1.807) is 4.90 Å². The lowest BCUT2D eigenvalue weighted by molar-refractivity contribution is -0.126. The Balaban J connectivity index is 1.31. The fourth-order valence-corrected chi connectivity index (χ4v) is 5.63. The van der Waals surface area contributed by atoms with Gasteiger partial charge in [0.15, 0.2) is 0 Å². The van der Waals surface area contributed by atoms with Gasteiger partial charge in [0, 0.05) is 12.5 Å². The number of nitrogens with one attached hydrogen (secondary N) is 1. The molecule has 1 saturated carbocycles. The molecule has 0 saturated heterocycles. The quantitative estimate of drug-likeness (QED) is 0.485. The fraction of sp³-hybridized carbons (Fsp3) is 0.323.